The lowest BCUT2D eigenvalue weighted by molar-refractivity contribution is 0.543. The normalized spacial score (nSPS) is 13.8. The summed E-state index contributed by atoms with van der Waals surface area (Å²) in [7, 11) is 0. The van der Waals surface area contributed by atoms with Gasteiger partial charge in [0, 0.05) is 0 Å². The molecule has 78 valence electrons. The van der Waals surface area contributed by atoms with Crippen molar-refractivity contribution in [3.8, 4) is 0 Å². The molecular formula is C13H26. The summed E-state index contributed by atoms with van der Waals surface area (Å²) in [5, 5.41) is 0. The minimum atomic E-state index is 0.788. The summed E-state index contributed by atoms with van der Waals surface area (Å²) < 4.78 is 0. The van der Waals surface area contributed by atoms with Crippen molar-refractivity contribution in [1.29, 1.82) is 0 Å². The summed E-state index contributed by atoms with van der Waals surface area (Å²) >= 11 is 0. The summed E-state index contributed by atoms with van der Waals surface area (Å²) in [6.07, 6.45) is 14.4. The zero-order valence-electron chi connectivity index (χ0n) is 9.68. The fourth-order valence-electron chi connectivity index (χ4n) is 1.67. The lowest BCUT2D eigenvalue weighted by Crippen LogP contribution is -1.89. The second-order valence-corrected chi connectivity index (χ2v) is 4.06. The van der Waals surface area contributed by atoms with E-state index in [0.29, 0.717) is 0 Å². The van der Waals surface area contributed by atoms with E-state index in [-0.39, 0.29) is 0 Å². The molecule has 0 radical (unpaired) electrons. The van der Waals surface area contributed by atoms with Gasteiger partial charge in [-0.2, -0.15) is 0 Å². The molecule has 0 aliphatic rings. The van der Waals surface area contributed by atoms with E-state index in [0.717, 1.165) is 5.92 Å². The van der Waals surface area contributed by atoms with E-state index in [1.807, 2.05) is 0 Å². The van der Waals surface area contributed by atoms with Gasteiger partial charge in [-0.1, -0.05) is 64.5 Å². The Bertz CT molecular complexity index is 113. The molecule has 1 atom stereocenters. The molecule has 0 nitrogen and oxygen atoms in total. The number of unbranched alkanes of at least 4 members (excludes halogenated alkanes) is 5. The van der Waals surface area contributed by atoms with Crippen LogP contribution in [0.15, 0.2) is 12.2 Å². The van der Waals surface area contributed by atoms with E-state index in [9.17, 15) is 0 Å². The highest BCUT2D eigenvalue weighted by Gasteiger charge is 1.95. The van der Waals surface area contributed by atoms with Gasteiger partial charge in [0.1, 0.15) is 0 Å². The minimum Gasteiger partial charge on any atom is -0.0914 e. The van der Waals surface area contributed by atoms with Gasteiger partial charge >= 0.3 is 0 Å². The van der Waals surface area contributed by atoms with Gasteiger partial charge in [-0.05, 0) is 19.3 Å². The molecule has 0 aromatic rings. The Hall–Kier alpha value is -0.260. The van der Waals surface area contributed by atoms with Gasteiger partial charge in [-0.3, -0.25) is 0 Å². The summed E-state index contributed by atoms with van der Waals surface area (Å²) in [6.45, 7) is 6.69. The quantitative estimate of drug-likeness (QED) is 0.368. The van der Waals surface area contributed by atoms with Crippen molar-refractivity contribution in [2.75, 3.05) is 0 Å². The third kappa shape index (κ3) is 9.66. The molecule has 0 heterocycles. The van der Waals surface area contributed by atoms with Gasteiger partial charge in [0.15, 0.2) is 0 Å². The third-order valence-electron chi connectivity index (χ3n) is 2.53. The molecule has 13 heavy (non-hydrogen) atoms. The van der Waals surface area contributed by atoms with E-state index in [1.54, 1.807) is 0 Å². The molecule has 0 aromatic heterocycles. The first kappa shape index (κ1) is 12.7. The lowest BCUT2D eigenvalue weighted by Gasteiger charge is -2.05. The average molecular weight is 182 g/mol. The van der Waals surface area contributed by atoms with Gasteiger partial charge in [0.25, 0.3) is 0 Å². The molecule has 0 bridgehead atoms. The molecule has 1 unspecified atom stereocenters. The van der Waals surface area contributed by atoms with Crippen LogP contribution < -0.4 is 0 Å². The van der Waals surface area contributed by atoms with Crippen molar-refractivity contribution >= 4 is 0 Å². The van der Waals surface area contributed by atoms with Crippen molar-refractivity contribution < 1.29 is 0 Å². The summed E-state index contributed by atoms with van der Waals surface area (Å²) in [4.78, 5) is 0. The van der Waals surface area contributed by atoms with Crippen molar-refractivity contribution in [1.82, 2.24) is 0 Å². The van der Waals surface area contributed by atoms with Crippen LogP contribution in [0.1, 0.15) is 65.7 Å². The topological polar surface area (TPSA) is 0 Å². The number of allylic oxidation sites excluding steroid dienone is 2. The maximum atomic E-state index is 2.31. The molecule has 0 aliphatic carbocycles. The molecule has 0 aliphatic heterocycles. The van der Waals surface area contributed by atoms with Crippen LogP contribution in [-0.4, -0.2) is 0 Å². The van der Waals surface area contributed by atoms with Crippen LogP contribution in [0.5, 0.6) is 0 Å². The van der Waals surface area contributed by atoms with E-state index in [1.165, 1.54) is 44.9 Å². The Morgan fingerprint density at radius 2 is 1.62 bits per heavy atom. The highest BCUT2D eigenvalue weighted by Crippen LogP contribution is 2.12. The van der Waals surface area contributed by atoms with Gasteiger partial charge in [0.2, 0.25) is 0 Å². The van der Waals surface area contributed by atoms with Crippen molar-refractivity contribution in [3.05, 3.63) is 12.2 Å². The van der Waals surface area contributed by atoms with E-state index >= 15 is 0 Å². The Kier molecular flexibility index (Phi) is 9.63. The summed E-state index contributed by atoms with van der Waals surface area (Å²) in [5.41, 5.74) is 0. The lowest BCUT2D eigenvalue weighted by atomic mass is 10.0. The molecule has 0 spiro atoms. The van der Waals surface area contributed by atoms with Gasteiger partial charge in [-0.25, -0.2) is 0 Å². The summed E-state index contributed by atoms with van der Waals surface area (Å²) in [6, 6.07) is 0. The predicted octanol–water partition coefficient (Wildman–Crippen LogP) is 4.95. The Morgan fingerprint density at radius 1 is 1.00 bits per heavy atom. The van der Waals surface area contributed by atoms with E-state index in [4.69, 9.17) is 0 Å². The Labute approximate surface area is 84.4 Å². The standard InChI is InChI=1S/C13H26/c1-4-6-7-8-9-10-12-13(3)11-5-2/h5,11,13H,4,6-10,12H2,1-3H3/b11-5+. The molecule has 0 heteroatoms. The molecular weight excluding hydrogens is 156 g/mol. The van der Waals surface area contributed by atoms with Crippen LogP contribution in [0.2, 0.25) is 0 Å². The SMILES string of the molecule is C/C=C/C(C)CCCCCCCC. The Balaban J connectivity index is 3.06. The average Bonchev–Trinajstić information content (AvgIpc) is 2.11. The van der Waals surface area contributed by atoms with Crippen molar-refractivity contribution in [3.63, 3.8) is 0 Å². The highest BCUT2D eigenvalue weighted by atomic mass is 14.0. The molecule has 0 aromatic carbocycles. The molecule has 0 saturated carbocycles. The van der Waals surface area contributed by atoms with Crippen molar-refractivity contribution in [2.24, 2.45) is 5.92 Å². The van der Waals surface area contributed by atoms with Crippen LogP contribution in [0.3, 0.4) is 0 Å². The van der Waals surface area contributed by atoms with Crippen LogP contribution >= 0.6 is 0 Å². The first-order valence-corrected chi connectivity index (χ1v) is 5.94. The van der Waals surface area contributed by atoms with Crippen LogP contribution in [0.4, 0.5) is 0 Å². The zero-order valence-corrected chi connectivity index (χ0v) is 9.68. The third-order valence-corrected chi connectivity index (χ3v) is 2.53. The molecule has 0 rings (SSSR count). The number of rotatable bonds is 8. The molecule has 0 amide bonds. The van der Waals surface area contributed by atoms with Gasteiger partial charge < -0.3 is 0 Å². The fraction of sp³-hybridized carbons (Fsp3) is 0.846. The zero-order chi connectivity index (χ0) is 9.94. The van der Waals surface area contributed by atoms with Gasteiger partial charge in [0.05, 0.1) is 0 Å². The second-order valence-electron chi connectivity index (χ2n) is 4.06. The first-order valence-electron chi connectivity index (χ1n) is 5.94. The fourth-order valence-corrected chi connectivity index (χ4v) is 1.67. The second kappa shape index (κ2) is 9.83. The van der Waals surface area contributed by atoms with E-state index in [2.05, 4.69) is 32.9 Å². The van der Waals surface area contributed by atoms with Gasteiger partial charge in [-0.15, -0.1) is 0 Å². The smallest absolute Gasteiger partial charge is 0.0262 e. The first-order chi connectivity index (χ1) is 6.31. The number of hydrogen-bond donors (Lipinski definition) is 0. The highest BCUT2D eigenvalue weighted by molar-refractivity contribution is 4.82. The van der Waals surface area contributed by atoms with Crippen molar-refractivity contribution in [2.45, 2.75) is 65.7 Å². The van der Waals surface area contributed by atoms with Crippen LogP contribution in [0, 0.1) is 5.92 Å². The van der Waals surface area contributed by atoms with E-state index < -0.39 is 0 Å². The largest absolute Gasteiger partial charge is 0.0914 e. The van der Waals surface area contributed by atoms with Crippen LogP contribution in [-0.2, 0) is 0 Å². The monoisotopic (exact) mass is 182 g/mol. The van der Waals surface area contributed by atoms with Crippen LogP contribution in [0.25, 0.3) is 0 Å². The minimum absolute atomic E-state index is 0.788. The maximum Gasteiger partial charge on any atom is -0.0262 e. The molecule has 0 N–H and O–H groups in total. The molecule has 0 saturated heterocycles. The molecule has 0 fully saturated rings. The predicted molar refractivity (Wildman–Crippen MR) is 62.0 cm³/mol. The number of hydrogen-bond acceptors (Lipinski definition) is 0. The maximum absolute atomic E-state index is 2.31. The Morgan fingerprint density at radius 3 is 2.23 bits per heavy atom. The summed E-state index contributed by atoms with van der Waals surface area (Å²) in [5.74, 6) is 0.788.